The summed E-state index contributed by atoms with van der Waals surface area (Å²) in [5, 5.41) is 21.7. The Morgan fingerprint density at radius 3 is 2.57 bits per heavy atom. The molecule has 2 rings (SSSR count). The number of hydrogen-bond donors (Lipinski definition) is 3. The Labute approximate surface area is 170 Å². The third-order valence-electron chi connectivity index (χ3n) is 5.75. The van der Waals surface area contributed by atoms with Crippen LogP contribution in [0.5, 0.6) is 0 Å². The Bertz CT molecular complexity index is 616. The molecule has 2 unspecified atom stereocenters. The van der Waals surface area contributed by atoms with Crippen molar-refractivity contribution in [2.24, 2.45) is 23.9 Å². The molecular weight excluding hydrogens is 352 g/mol. The zero-order chi connectivity index (χ0) is 20.7. The van der Waals surface area contributed by atoms with E-state index in [-0.39, 0.29) is 6.54 Å². The maximum absolute atomic E-state index is 10.8. The van der Waals surface area contributed by atoms with Gasteiger partial charge >= 0.3 is 0 Å². The molecule has 160 valence electrons. The van der Waals surface area contributed by atoms with Crippen molar-refractivity contribution >= 4 is 5.96 Å². The highest BCUT2D eigenvalue weighted by Crippen LogP contribution is 2.21. The van der Waals surface area contributed by atoms with Crippen LogP contribution in [-0.4, -0.2) is 64.5 Å². The second-order valence-electron chi connectivity index (χ2n) is 8.78. The fraction of sp³-hybridized carbons (Fsp3) is 0.810. The maximum atomic E-state index is 10.8. The average molecular weight is 393 g/mol. The number of nitrogens with one attached hydrogen (secondary N) is 2. The molecule has 2 atom stereocenters. The number of aryl methyl sites for hydroxylation is 1. The van der Waals surface area contributed by atoms with Crippen LogP contribution < -0.4 is 10.6 Å². The van der Waals surface area contributed by atoms with Crippen LogP contribution in [0, 0.1) is 11.8 Å². The summed E-state index contributed by atoms with van der Waals surface area (Å²) in [5.41, 5.74) is -0.269. The Kier molecular flexibility index (Phi) is 8.31. The summed E-state index contributed by atoms with van der Waals surface area (Å²) < 4.78 is 1.70. The number of hydrogen-bond acceptors (Lipinski definition) is 4. The first kappa shape index (κ1) is 22.7. The molecule has 3 N–H and O–H groups in total. The topological polar surface area (TPSA) is 77.7 Å². The van der Waals surface area contributed by atoms with E-state index in [9.17, 15) is 5.11 Å². The molecule has 1 aromatic rings. The second-order valence-corrected chi connectivity index (χ2v) is 8.78. The number of likely N-dealkylation sites (tertiary alicyclic amines) is 1. The Hall–Kier alpha value is -1.60. The lowest BCUT2D eigenvalue weighted by Gasteiger charge is -2.39. The number of rotatable bonds is 8. The first-order valence-corrected chi connectivity index (χ1v) is 10.7. The van der Waals surface area contributed by atoms with E-state index in [1.807, 2.05) is 13.2 Å². The minimum atomic E-state index is -1.04. The molecule has 0 radical (unpaired) electrons. The molecule has 1 saturated heterocycles. The lowest BCUT2D eigenvalue weighted by Crippen LogP contribution is -2.51. The minimum Gasteiger partial charge on any atom is -0.383 e. The van der Waals surface area contributed by atoms with Gasteiger partial charge in [0.05, 0.1) is 12.7 Å². The molecule has 0 saturated carbocycles. The number of guanidine groups is 1. The zero-order valence-corrected chi connectivity index (χ0v) is 18.6. The lowest BCUT2D eigenvalue weighted by molar-refractivity contribution is 0.0671. The van der Waals surface area contributed by atoms with E-state index in [0.717, 1.165) is 30.5 Å². The number of aliphatic hydroxyl groups is 1. The fourth-order valence-corrected chi connectivity index (χ4v) is 3.71. The highest BCUT2D eigenvalue weighted by atomic mass is 16.3. The monoisotopic (exact) mass is 392 g/mol. The molecule has 1 aliphatic rings. The molecule has 0 aromatic carbocycles. The summed E-state index contributed by atoms with van der Waals surface area (Å²) in [5.74, 6) is 2.16. The van der Waals surface area contributed by atoms with Gasteiger partial charge < -0.3 is 15.7 Å². The van der Waals surface area contributed by atoms with Gasteiger partial charge in [-0.2, -0.15) is 5.10 Å². The zero-order valence-electron chi connectivity index (χ0n) is 18.6. The first-order valence-electron chi connectivity index (χ1n) is 10.7. The summed E-state index contributed by atoms with van der Waals surface area (Å²) in [6.45, 7) is 15.0. The second kappa shape index (κ2) is 10.3. The van der Waals surface area contributed by atoms with Crippen LogP contribution in [0.15, 0.2) is 17.4 Å². The van der Waals surface area contributed by atoms with Crippen molar-refractivity contribution in [2.45, 2.75) is 59.1 Å². The molecule has 2 heterocycles. The van der Waals surface area contributed by atoms with Gasteiger partial charge in [0.15, 0.2) is 5.96 Å². The van der Waals surface area contributed by atoms with Crippen molar-refractivity contribution < 1.29 is 5.11 Å². The van der Waals surface area contributed by atoms with E-state index in [1.54, 1.807) is 17.8 Å². The SMILES string of the molecule is CCNC(=NCC(C)(O)c1cnn(C)c1)NCC(C(C)C)N1CCC(C)CC1. The highest BCUT2D eigenvalue weighted by Gasteiger charge is 2.27. The van der Waals surface area contributed by atoms with Gasteiger partial charge in [-0.05, 0) is 51.6 Å². The van der Waals surface area contributed by atoms with E-state index in [1.165, 1.54) is 25.9 Å². The van der Waals surface area contributed by atoms with Crippen molar-refractivity contribution in [3.8, 4) is 0 Å². The van der Waals surface area contributed by atoms with Crippen LogP contribution >= 0.6 is 0 Å². The summed E-state index contributed by atoms with van der Waals surface area (Å²) in [6, 6.07) is 0.482. The maximum Gasteiger partial charge on any atom is 0.191 e. The van der Waals surface area contributed by atoms with Crippen LogP contribution in [0.25, 0.3) is 0 Å². The Morgan fingerprint density at radius 2 is 2.04 bits per heavy atom. The molecular formula is C21H40N6O. The van der Waals surface area contributed by atoms with Crippen LogP contribution in [0.3, 0.4) is 0 Å². The van der Waals surface area contributed by atoms with Crippen LogP contribution in [-0.2, 0) is 12.6 Å². The van der Waals surface area contributed by atoms with Crippen LogP contribution in [0.2, 0.25) is 0 Å². The molecule has 0 bridgehead atoms. The Morgan fingerprint density at radius 1 is 1.36 bits per heavy atom. The minimum absolute atomic E-state index is 0.279. The van der Waals surface area contributed by atoms with Gasteiger partial charge in [-0.15, -0.1) is 0 Å². The molecule has 1 aliphatic heterocycles. The first-order chi connectivity index (χ1) is 13.2. The van der Waals surface area contributed by atoms with Crippen molar-refractivity contribution in [3.05, 3.63) is 18.0 Å². The molecule has 7 nitrogen and oxygen atoms in total. The third kappa shape index (κ3) is 6.48. The number of nitrogens with zero attached hydrogens (tertiary/aromatic N) is 4. The summed E-state index contributed by atoms with van der Waals surface area (Å²) in [4.78, 5) is 7.27. The van der Waals surface area contributed by atoms with Crippen molar-refractivity contribution in [1.29, 1.82) is 0 Å². The van der Waals surface area contributed by atoms with Gasteiger partial charge in [-0.3, -0.25) is 9.58 Å². The largest absolute Gasteiger partial charge is 0.383 e. The average Bonchev–Trinajstić information content (AvgIpc) is 3.08. The summed E-state index contributed by atoms with van der Waals surface area (Å²) in [6.07, 6.45) is 6.10. The number of aromatic nitrogens is 2. The van der Waals surface area contributed by atoms with Gasteiger partial charge in [0.1, 0.15) is 5.60 Å². The molecule has 0 aliphatic carbocycles. The molecule has 1 aromatic heterocycles. The van der Waals surface area contributed by atoms with E-state index in [4.69, 9.17) is 0 Å². The lowest BCUT2D eigenvalue weighted by atomic mass is 9.94. The number of aliphatic imine (C=N–C) groups is 1. The predicted molar refractivity (Wildman–Crippen MR) is 115 cm³/mol. The molecule has 0 amide bonds. The van der Waals surface area contributed by atoms with Crippen LogP contribution in [0.1, 0.15) is 53.0 Å². The van der Waals surface area contributed by atoms with E-state index in [0.29, 0.717) is 12.0 Å². The van der Waals surface area contributed by atoms with Crippen molar-refractivity contribution in [1.82, 2.24) is 25.3 Å². The smallest absolute Gasteiger partial charge is 0.191 e. The fourth-order valence-electron chi connectivity index (χ4n) is 3.71. The molecule has 7 heteroatoms. The normalized spacial score (nSPS) is 20.2. The number of piperidine rings is 1. The van der Waals surface area contributed by atoms with E-state index in [2.05, 4.69) is 53.3 Å². The quantitative estimate of drug-likeness (QED) is 0.466. The van der Waals surface area contributed by atoms with Crippen molar-refractivity contribution in [2.75, 3.05) is 32.7 Å². The van der Waals surface area contributed by atoms with Crippen LogP contribution in [0.4, 0.5) is 0 Å². The standard InChI is InChI=1S/C21H40N6O/c1-7-22-20(24-15-21(5,28)18-12-25-26(6)14-18)23-13-19(16(2)3)27-10-8-17(4)9-11-27/h12,14,16-17,19,28H,7-11,13,15H2,1-6H3,(H2,22,23,24). The molecule has 1 fully saturated rings. The highest BCUT2D eigenvalue weighted by molar-refractivity contribution is 5.79. The van der Waals surface area contributed by atoms with E-state index < -0.39 is 5.60 Å². The van der Waals surface area contributed by atoms with Gasteiger partial charge in [-0.25, -0.2) is 4.99 Å². The van der Waals surface area contributed by atoms with Gasteiger partial charge in [-0.1, -0.05) is 20.8 Å². The summed E-state index contributed by atoms with van der Waals surface area (Å²) >= 11 is 0. The van der Waals surface area contributed by atoms with Gasteiger partial charge in [0.25, 0.3) is 0 Å². The third-order valence-corrected chi connectivity index (χ3v) is 5.75. The van der Waals surface area contributed by atoms with E-state index >= 15 is 0 Å². The molecule has 0 spiro atoms. The molecule has 28 heavy (non-hydrogen) atoms. The summed E-state index contributed by atoms with van der Waals surface area (Å²) in [7, 11) is 1.85. The predicted octanol–water partition coefficient (Wildman–Crippen LogP) is 1.94. The Balaban J connectivity index is 1.99. The van der Waals surface area contributed by atoms with Gasteiger partial charge in [0.2, 0.25) is 0 Å². The van der Waals surface area contributed by atoms with Gasteiger partial charge in [0, 0.05) is 37.9 Å². The van der Waals surface area contributed by atoms with Crippen molar-refractivity contribution in [3.63, 3.8) is 0 Å².